The van der Waals surface area contributed by atoms with Gasteiger partial charge in [0.25, 0.3) is 11.8 Å². The molecule has 2 fully saturated rings. The minimum absolute atomic E-state index is 0.0551. The molecule has 1 aliphatic carbocycles. The smallest absolute Gasteiger partial charge is 0.257 e. The zero-order valence-corrected chi connectivity index (χ0v) is 19.6. The number of hydrogen-bond acceptors (Lipinski definition) is 5. The van der Waals surface area contributed by atoms with Crippen LogP contribution in [0.2, 0.25) is 0 Å². The summed E-state index contributed by atoms with van der Waals surface area (Å²) >= 11 is 0. The average Bonchev–Trinajstić information content (AvgIpc) is 3.29. The highest BCUT2D eigenvalue weighted by Crippen LogP contribution is 2.36. The maximum absolute atomic E-state index is 14.9. The van der Waals surface area contributed by atoms with Gasteiger partial charge in [-0.05, 0) is 61.9 Å². The van der Waals surface area contributed by atoms with E-state index in [1.807, 2.05) is 6.92 Å². The number of nitrogens with zero attached hydrogens (tertiary/aromatic N) is 3. The Hall–Kier alpha value is -4.08. The highest BCUT2D eigenvalue weighted by molar-refractivity contribution is 6.08. The van der Waals surface area contributed by atoms with E-state index in [2.05, 4.69) is 26.4 Å². The van der Waals surface area contributed by atoms with Gasteiger partial charge in [-0.1, -0.05) is 0 Å². The number of pyridine rings is 1. The van der Waals surface area contributed by atoms with E-state index in [1.54, 1.807) is 6.07 Å². The minimum atomic E-state index is -0.794. The Labute approximate surface area is 205 Å². The summed E-state index contributed by atoms with van der Waals surface area (Å²) in [5, 5.41) is 5.73. The molecule has 3 aliphatic rings. The molecule has 2 N–H and O–H groups in total. The summed E-state index contributed by atoms with van der Waals surface area (Å²) in [4.78, 5) is 55.4. The van der Waals surface area contributed by atoms with Crippen LogP contribution in [0.15, 0.2) is 30.6 Å². The van der Waals surface area contributed by atoms with E-state index in [9.17, 15) is 23.6 Å². The minimum Gasteiger partial charge on any atom is -0.329 e. The van der Waals surface area contributed by atoms with Gasteiger partial charge in [0.05, 0.1) is 11.3 Å². The molecule has 2 aromatic heterocycles. The first-order valence-corrected chi connectivity index (χ1v) is 12.1. The maximum atomic E-state index is 14.9. The zero-order valence-electron chi connectivity index (χ0n) is 19.6. The van der Waals surface area contributed by atoms with Gasteiger partial charge in [-0.15, -0.1) is 0 Å². The van der Waals surface area contributed by atoms with Gasteiger partial charge in [-0.3, -0.25) is 24.5 Å². The Morgan fingerprint density at radius 3 is 2.69 bits per heavy atom. The number of piperidine rings is 1. The van der Waals surface area contributed by atoms with Gasteiger partial charge in [0.15, 0.2) is 0 Å². The summed E-state index contributed by atoms with van der Waals surface area (Å²) in [5.41, 5.74) is 2.76. The Morgan fingerprint density at radius 1 is 1.17 bits per heavy atom. The molecule has 10 heteroatoms. The predicted molar refractivity (Wildman–Crippen MR) is 128 cm³/mol. The van der Waals surface area contributed by atoms with Crippen LogP contribution in [0.25, 0.3) is 11.0 Å². The lowest BCUT2D eigenvalue weighted by molar-refractivity contribution is -0.136. The van der Waals surface area contributed by atoms with Crippen molar-refractivity contribution in [1.29, 1.82) is 0 Å². The average molecular weight is 490 g/mol. The summed E-state index contributed by atoms with van der Waals surface area (Å²) in [6.45, 7) is 2.07. The lowest BCUT2D eigenvalue weighted by atomic mass is 9.93. The quantitative estimate of drug-likeness (QED) is 0.547. The number of amides is 4. The largest absolute Gasteiger partial charge is 0.329 e. The second kappa shape index (κ2) is 8.25. The number of benzene rings is 1. The Bertz CT molecular complexity index is 1470. The van der Waals surface area contributed by atoms with E-state index >= 15 is 0 Å². The lowest BCUT2D eigenvalue weighted by Crippen LogP contribution is -2.52. The Morgan fingerprint density at radius 2 is 1.97 bits per heavy atom. The molecule has 1 aromatic carbocycles. The standard InChI is InChI=1S/C26H24FN5O4/c1-13-11-31(16-3-2-4-16)23-17(13)7-14(10-28-23)24(34)29-20-8-15-12-32(26(36)18(15)9-19(20)27)21-5-6-22(33)30-25(21)35/h7-11,16,21H,2-6,12H2,1H3,(H,29,34)(H,30,33,35). The molecule has 4 amide bonds. The molecular weight excluding hydrogens is 465 g/mol. The van der Waals surface area contributed by atoms with Crippen molar-refractivity contribution in [2.75, 3.05) is 5.32 Å². The maximum Gasteiger partial charge on any atom is 0.257 e. The monoisotopic (exact) mass is 489 g/mol. The third-order valence-corrected chi connectivity index (χ3v) is 7.46. The molecule has 4 heterocycles. The molecule has 1 saturated heterocycles. The van der Waals surface area contributed by atoms with Crippen LogP contribution >= 0.6 is 0 Å². The molecule has 2 aliphatic heterocycles. The fourth-order valence-corrected chi connectivity index (χ4v) is 5.24. The van der Waals surface area contributed by atoms with Crippen molar-refractivity contribution in [2.24, 2.45) is 0 Å². The van der Waals surface area contributed by atoms with E-state index in [4.69, 9.17) is 0 Å². The zero-order chi connectivity index (χ0) is 25.1. The number of rotatable bonds is 4. The lowest BCUT2D eigenvalue weighted by Gasteiger charge is -2.29. The number of hydrogen-bond donors (Lipinski definition) is 2. The molecule has 184 valence electrons. The highest BCUT2D eigenvalue weighted by atomic mass is 19.1. The van der Waals surface area contributed by atoms with Crippen molar-refractivity contribution in [1.82, 2.24) is 19.8 Å². The predicted octanol–water partition coefficient (Wildman–Crippen LogP) is 3.22. The summed E-state index contributed by atoms with van der Waals surface area (Å²) in [6, 6.07) is 3.93. The number of anilines is 1. The number of fused-ring (bicyclic) bond motifs is 2. The fourth-order valence-electron chi connectivity index (χ4n) is 5.24. The van der Waals surface area contributed by atoms with Crippen molar-refractivity contribution in [2.45, 2.75) is 57.7 Å². The third-order valence-electron chi connectivity index (χ3n) is 7.46. The molecule has 3 aromatic rings. The number of imide groups is 1. The van der Waals surface area contributed by atoms with E-state index in [0.29, 0.717) is 17.2 Å². The Kier molecular flexibility index (Phi) is 5.13. The number of nitrogens with one attached hydrogen (secondary N) is 2. The van der Waals surface area contributed by atoms with Crippen LogP contribution in [0, 0.1) is 12.7 Å². The van der Waals surface area contributed by atoms with Crippen LogP contribution in [-0.4, -0.2) is 44.1 Å². The van der Waals surface area contributed by atoms with Crippen molar-refractivity contribution < 1.29 is 23.6 Å². The summed E-state index contributed by atoms with van der Waals surface area (Å²) < 4.78 is 17.1. The molecule has 1 atom stereocenters. The molecule has 36 heavy (non-hydrogen) atoms. The van der Waals surface area contributed by atoms with Crippen LogP contribution in [0.3, 0.4) is 0 Å². The first-order valence-electron chi connectivity index (χ1n) is 12.1. The molecular formula is C26H24FN5O4. The normalized spacial score (nSPS) is 19.9. The highest BCUT2D eigenvalue weighted by Gasteiger charge is 2.39. The SMILES string of the molecule is Cc1cn(C2CCC2)c2ncc(C(=O)Nc3cc4c(cc3F)C(=O)N(C3CCC(=O)NC3=O)C4)cc12. The van der Waals surface area contributed by atoms with E-state index in [0.717, 1.165) is 35.5 Å². The Balaban J connectivity index is 1.23. The molecule has 6 rings (SSSR count). The van der Waals surface area contributed by atoms with E-state index in [-0.39, 0.29) is 36.5 Å². The number of aromatic nitrogens is 2. The molecule has 0 bridgehead atoms. The van der Waals surface area contributed by atoms with E-state index in [1.165, 1.54) is 23.6 Å². The van der Waals surface area contributed by atoms with Crippen LogP contribution in [0.1, 0.15) is 70.0 Å². The number of halogens is 1. The van der Waals surface area contributed by atoms with Crippen LogP contribution in [0.5, 0.6) is 0 Å². The molecule has 1 unspecified atom stereocenters. The van der Waals surface area contributed by atoms with Crippen LogP contribution in [0.4, 0.5) is 10.1 Å². The van der Waals surface area contributed by atoms with E-state index < -0.39 is 29.6 Å². The topological polar surface area (TPSA) is 113 Å². The van der Waals surface area contributed by atoms with Crippen molar-refractivity contribution in [3.63, 3.8) is 0 Å². The number of carbonyl (C=O) groups excluding carboxylic acids is 4. The fraction of sp³-hybridized carbons (Fsp3) is 0.346. The van der Waals surface area contributed by atoms with Gasteiger partial charge in [-0.25, -0.2) is 9.37 Å². The third kappa shape index (κ3) is 3.55. The first-order chi connectivity index (χ1) is 17.3. The molecule has 0 radical (unpaired) electrons. The van der Waals surface area contributed by atoms with Gasteiger partial charge in [-0.2, -0.15) is 0 Å². The van der Waals surface area contributed by atoms with Gasteiger partial charge >= 0.3 is 0 Å². The van der Waals surface area contributed by atoms with Gasteiger partial charge in [0.2, 0.25) is 11.8 Å². The first kappa shape index (κ1) is 22.4. The molecule has 0 spiro atoms. The van der Waals surface area contributed by atoms with Gasteiger partial charge in [0.1, 0.15) is 17.5 Å². The van der Waals surface area contributed by atoms with Crippen LogP contribution in [-0.2, 0) is 16.1 Å². The molecule has 1 saturated carbocycles. The summed E-state index contributed by atoms with van der Waals surface area (Å²) in [6.07, 6.45) is 7.35. The summed E-state index contributed by atoms with van der Waals surface area (Å²) in [5.74, 6) is -2.64. The number of carbonyl (C=O) groups is 4. The molecule has 9 nitrogen and oxygen atoms in total. The van der Waals surface area contributed by atoms with Gasteiger partial charge in [0, 0.05) is 42.4 Å². The number of aryl methyl sites for hydroxylation is 1. The van der Waals surface area contributed by atoms with Crippen molar-refractivity contribution in [3.05, 3.63) is 58.7 Å². The van der Waals surface area contributed by atoms with Gasteiger partial charge < -0.3 is 14.8 Å². The summed E-state index contributed by atoms with van der Waals surface area (Å²) in [7, 11) is 0. The van der Waals surface area contributed by atoms with Crippen LogP contribution < -0.4 is 10.6 Å². The second-order valence-electron chi connectivity index (χ2n) is 9.74. The van der Waals surface area contributed by atoms with Crippen molar-refractivity contribution >= 4 is 40.3 Å². The van der Waals surface area contributed by atoms with Crippen molar-refractivity contribution in [3.8, 4) is 0 Å². The second-order valence-corrected chi connectivity index (χ2v) is 9.74.